The molecule has 0 radical (unpaired) electrons. The van der Waals surface area contributed by atoms with Crippen LogP contribution < -0.4 is 5.32 Å². The molecule has 0 bridgehead atoms. The number of halogens is 3. The van der Waals surface area contributed by atoms with E-state index >= 15 is 0 Å². The molecule has 1 fully saturated rings. The van der Waals surface area contributed by atoms with Crippen LogP contribution in [0.1, 0.15) is 12.8 Å². The van der Waals surface area contributed by atoms with Crippen molar-refractivity contribution < 1.29 is 26.9 Å². The fraction of sp³-hybridized carbons (Fsp3) is 0.278. The number of anilines is 1. The summed E-state index contributed by atoms with van der Waals surface area (Å²) in [5, 5.41) is 13.5. The number of nitro groups is 1. The first-order valence-electron chi connectivity index (χ1n) is 8.79. The third kappa shape index (κ3) is 4.58. The maximum Gasteiger partial charge on any atom is 0.289 e. The van der Waals surface area contributed by atoms with Crippen LogP contribution in [0.5, 0.6) is 0 Å². The molecule has 1 amide bonds. The van der Waals surface area contributed by atoms with Crippen LogP contribution in [0.25, 0.3) is 0 Å². The molecule has 1 aliphatic heterocycles. The lowest BCUT2D eigenvalue weighted by Crippen LogP contribution is -2.41. The summed E-state index contributed by atoms with van der Waals surface area (Å²) in [4.78, 5) is 22.4. The number of piperidine rings is 1. The van der Waals surface area contributed by atoms with Crippen molar-refractivity contribution in [2.75, 3.05) is 18.4 Å². The first-order chi connectivity index (χ1) is 14.1. The third-order valence-electron chi connectivity index (χ3n) is 4.76. The quantitative estimate of drug-likeness (QED) is 0.543. The van der Waals surface area contributed by atoms with Gasteiger partial charge in [0.15, 0.2) is 11.6 Å². The summed E-state index contributed by atoms with van der Waals surface area (Å²) < 4.78 is 52.8. The number of carbonyl (C=O) groups excluding carboxylic acids is 1. The van der Waals surface area contributed by atoms with Gasteiger partial charge in [-0.25, -0.2) is 17.2 Å². The molecule has 8 nitrogen and oxygen atoms in total. The Balaban J connectivity index is 1.65. The van der Waals surface area contributed by atoms with Gasteiger partial charge in [-0.2, -0.15) is 4.31 Å². The molecule has 0 aromatic heterocycles. The molecule has 30 heavy (non-hydrogen) atoms. The van der Waals surface area contributed by atoms with Crippen molar-refractivity contribution >= 4 is 38.9 Å². The highest BCUT2D eigenvalue weighted by molar-refractivity contribution is 7.89. The van der Waals surface area contributed by atoms with E-state index in [0.29, 0.717) is 6.07 Å². The molecule has 0 atom stereocenters. The fourth-order valence-corrected chi connectivity index (χ4v) is 4.79. The van der Waals surface area contributed by atoms with E-state index in [1.165, 1.54) is 12.1 Å². The van der Waals surface area contributed by atoms with Crippen LogP contribution in [0.4, 0.5) is 20.2 Å². The molecule has 0 aliphatic carbocycles. The molecular formula is C18H16ClF2N3O5S. The molecule has 2 aromatic rings. The van der Waals surface area contributed by atoms with Gasteiger partial charge in [0.05, 0.1) is 9.82 Å². The van der Waals surface area contributed by atoms with Gasteiger partial charge < -0.3 is 5.32 Å². The lowest BCUT2D eigenvalue weighted by Gasteiger charge is -2.30. The summed E-state index contributed by atoms with van der Waals surface area (Å²) in [7, 11) is -4.02. The van der Waals surface area contributed by atoms with Crippen molar-refractivity contribution in [3.63, 3.8) is 0 Å². The van der Waals surface area contributed by atoms with Gasteiger partial charge in [-0.15, -0.1) is 0 Å². The SMILES string of the molecule is O=C(Nc1ccc(Cl)c([N+](=O)[O-])c1)C1CCN(S(=O)(=O)c2ccc(F)c(F)c2)CC1. The Labute approximate surface area is 175 Å². The predicted octanol–water partition coefficient (Wildman–Crippen LogP) is 3.57. The predicted molar refractivity (Wildman–Crippen MR) is 105 cm³/mol. The monoisotopic (exact) mass is 459 g/mol. The summed E-state index contributed by atoms with van der Waals surface area (Å²) in [6.07, 6.45) is 0.398. The number of carbonyl (C=O) groups is 1. The number of hydrogen-bond acceptors (Lipinski definition) is 5. The van der Waals surface area contributed by atoms with Crippen LogP contribution in [-0.4, -0.2) is 36.6 Å². The first-order valence-corrected chi connectivity index (χ1v) is 10.6. The number of nitrogens with zero attached hydrogens (tertiary/aromatic N) is 2. The van der Waals surface area contributed by atoms with Crippen molar-refractivity contribution in [3.8, 4) is 0 Å². The number of hydrogen-bond donors (Lipinski definition) is 1. The molecule has 12 heteroatoms. The lowest BCUT2D eigenvalue weighted by atomic mass is 9.97. The zero-order chi connectivity index (χ0) is 22.1. The number of amides is 1. The van der Waals surface area contributed by atoms with Crippen LogP contribution in [0.15, 0.2) is 41.3 Å². The summed E-state index contributed by atoms with van der Waals surface area (Å²) >= 11 is 5.74. The van der Waals surface area contributed by atoms with E-state index in [1.54, 1.807) is 0 Å². The van der Waals surface area contributed by atoms with Crippen LogP contribution in [-0.2, 0) is 14.8 Å². The van der Waals surface area contributed by atoms with E-state index < -0.39 is 38.4 Å². The Kier molecular flexibility index (Phi) is 6.34. The summed E-state index contributed by atoms with van der Waals surface area (Å²) in [6, 6.07) is 6.22. The molecule has 1 saturated heterocycles. The van der Waals surface area contributed by atoms with Crippen LogP contribution >= 0.6 is 11.6 Å². The Morgan fingerprint density at radius 3 is 2.40 bits per heavy atom. The second-order valence-corrected chi connectivity index (χ2v) is 9.01. The summed E-state index contributed by atoms with van der Waals surface area (Å²) in [5.41, 5.74) is -0.144. The topological polar surface area (TPSA) is 110 Å². The van der Waals surface area contributed by atoms with Crippen molar-refractivity contribution in [1.29, 1.82) is 0 Å². The number of nitrogens with one attached hydrogen (secondary N) is 1. The Morgan fingerprint density at radius 1 is 1.13 bits per heavy atom. The number of nitro benzene ring substituents is 1. The fourth-order valence-electron chi connectivity index (χ4n) is 3.12. The molecule has 160 valence electrons. The molecule has 1 aliphatic rings. The van der Waals surface area contributed by atoms with E-state index in [9.17, 15) is 32.1 Å². The Bertz CT molecular complexity index is 1100. The molecule has 1 N–H and O–H groups in total. The van der Waals surface area contributed by atoms with Gasteiger partial charge in [-0.3, -0.25) is 14.9 Å². The van der Waals surface area contributed by atoms with Crippen molar-refractivity contribution in [2.45, 2.75) is 17.7 Å². The number of sulfonamides is 1. The van der Waals surface area contributed by atoms with Crippen LogP contribution in [0.2, 0.25) is 5.02 Å². The minimum absolute atomic E-state index is 0.0141. The molecule has 0 spiro atoms. The molecule has 0 unspecified atom stereocenters. The Morgan fingerprint density at radius 2 is 1.80 bits per heavy atom. The van der Waals surface area contributed by atoms with E-state index in [1.807, 2.05) is 0 Å². The van der Waals surface area contributed by atoms with E-state index in [0.717, 1.165) is 22.5 Å². The van der Waals surface area contributed by atoms with Crippen molar-refractivity contribution in [2.24, 2.45) is 5.92 Å². The highest BCUT2D eigenvalue weighted by atomic mass is 35.5. The summed E-state index contributed by atoms with van der Waals surface area (Å²) in [6.45, 7) is 0.0281. The van der Waals surface area contributed by atoms with Gasteiger partial charge in [0.25, 0.3) is 5.69 Å². The normalized spacial score (nSPS) is 15.7. The molecule has 1 heterocycles. The van der Waals surface area contributed by atoms with Gasteiger partial charge in [-0.1, -0.05) is 11.6 Å². The number of rotatable bonds is 5. The van der Waals surface area contributed by atoms with E-state index in [4.69, 9.17) is 11.6 Å². The second kappa shape index (κ2) is 8.62. The smallest absolute Gasteiger partial charge is 0.289 e. The van der Waals surface area contributed by atoms with Gasteiger partial charge in [0.2, 0.25) is 15.9 Å². The van der Waals surface area contributed by atoms with Gasteiger partial charge in [-0.05, 0) is 43.2 Å². The highest BCUT2D eigenvalue weighted by Gasteiger charge is 2.32. The third-order valence-corrected chi connectivity index (χ3v) is 6.98. The minimum atomic E-state index is -4.02. The van der Waals surface area contributed by atoms with Crippen molar-refractivity contribution in [3.05, 3.63) is 63.2 Å². The van der Waals surface area contributed by atoms with Crippen LogP contribution in [0.3, 0.4) is 0 Å². The Hall–Kier alpha value is -2.63. The zero-order valence-electron chi connectivity index (χ0n) is 15.3. The largest absolute Gasteiger partial charge is 0.326 e. The molecule has 0 saturated carbocycles. The van der Waals surface area contributed by atoms with Crippen molar-refractivity contribution in [1.82, 2.24) is 4.31 Å². The highest BCUT2D eigenvalue weighted by Crippen LogP contribution is 2.29. The maximum atomic E-state index is 13.4. The minimum Gasteiger partial charge on any atom is -0.326 e. The van der Waals surface area contributed by atoms with E-state index in [2.05, 4.69) is 5.32 Å². The average molecular weight is 460 g/mol. The zero-order valence-corrected chi connectivity index (χ0v) is 16.9. The first kappa shape index (κ1) is 22.1. The number of benzene rings is 2. The summed E-state index contributed by atoms with van der Waals surface area (Å²) in [5.74, 6) is -3.33. The van der Waals surface area contributed by atoms with Gasteiger partial charge >= 0.3 is 0 Å². The molecule has 3 rings (SSSR count). The lowest BCUT2D eigenvalue weighted by molar-refractivity contribution is -0.384. The van der Waals surface area contributed by atoms with Gasteiger partial charge in [0, 0.05) is 30.8 Å². The molecule has 2 aromatic carbocycles. The molecular weight excluding hydrogens is 444 g/mol. The van der Waals surface area contributed by atoms with E-state index in [-0.39, 0.29) is 47.2 Å². The van der Waals surface area contributed by atoms with Crippen LogP contribution in [0, 0.1) is 27.7 Å². The van der Waals surface area contributed by atoms with Gasteiger partial charge in [0.1, 0.15) is 5.02 Å². The standard InChI is InChI=1S/C18H16ClF2N3O5S/c19-14-3-1-12(9-17(14)24(26)27)22-18(25)11-5-7-23(8-6-11)30(28,29)13-2-4-15(20)16(21)10-13/h1-4,9-11H,5-8H2,(H,22,25). The average Bonchev–Trinajstić information content (AvgIpc) is 2.71. The maximum absolute atomic E-state index is 13.4. The second-order valence-electron chi connectivity index (χ2n) is 6.67.